The van der Waals surface area contributed by atoms with E-state index in [1.807, 2.05) is 0 Å². The molecule has 1 atom stereocenters. The summed E-state index contributed by atoms with van der Waals surface area (Å²) in [5.41, 5.74) is 0. The van der Waals surface area contributed by atoms with Gasteiger partial charge in [0.1, 0.15) is 6.61 Å². The van der Waals surface area contributed by atoms with E-state index in [2.05, 4.69) is 184 Å². The molecular formula is C63H96O5. The van der Waals surface area contributed by atoms with Crippen LogP contribution in [0.1, 0.15) is 194 Å². The molecule has 0 aromatic rings. The van der Waals surface area contributed by atoms with Crippen molar-refractivity contribution in [1.82, 2.24) is 0 Å². The number of ether oxygens (including phenoxy) is 2. The minimum atomic E-state index is -0.808. The summed E-state index contributed by atoms with van der Waals surface area (Å²) < 4.78 is 10.7. The molecule has 1 unspecified atom stereocenters. The highest BCUT2D eigenvalue weighted by atomic mass is 16.6. The molecule has 0 bridgehead atoms. The fourth-order valence-electron chi connectivity index (χ4n) is 6.57. The average molecular weight is 933 g/mol. The van der Waals surface area contributed by atoms with E-state index in [4.69, 9.17) is 9.47 Å². The number of esters is 2. The van der Waals surface area contributed by atoms with Gasteiger partial charge in [-0.2, -0.15) is 0 Å². The van der Waals surface area contributed by atoms with E-state index in [0.717, 1.165) is 141 Å². The summed E-state index contributed by atoms with van der Waals surface area (Å²) in [6, 6.07) is 0. The van der Waals surface area contributed by atoms with Gasteiger partial charge in [0.05, 0.1) is 6.61 Å². The first-order valence-corrected chi connectivity index (χ1v) is 26.7. The lowest BCUT2D eigenvalue weighted by Crippen LogP contribution is -2.28. The van der Waals surface area contributed by atoms with Gasteiger partial charge in [-0.25, -0.2) is 0 Å². The summed E-state index contributed by atoms with van der Waals surface area (Å²) in [7, 11) is 0. The Bertz CT molecular complexity index is 1570. The SMILES string of the molecule is CC/C=C\C/C=C\C/C=C\C/C=C\C/C=C\C/C=C\C/C=C\CCCCCCCCCC(=O)OC(CO)COC(=O)CCCCC/C=C\C/C=C\C/C=C\C/C=C\C/C=C\C/C=C\C/C=C\CC. The zero-order valence-electron chi connectivity index (χ0n) is 43.0. The third-order valence-corrected chi connectivity index (χ3v) is 10.5. The van der Waals surface area contributed by atoms with Gasteiger partial charge in [0.25, 0.3) is 0 Å². The molecule has 1 N–H and O–H groups in total. The van der Waals surface area contributed by atoms with Gasteiger partial charge >= 0.3 is 11.9 Å². The van der Waals surface area contributed by atoms with Crippen molar-refractivity contribution < 1.29 is 24.2 Å². The summed E-state index contributed by atoms with van der Waals surface area (Å²) in [4.78, 5) is 24.5. The second-order valence-corrected chi connectivity index (χ2v) is 16.8. The first-order chi connectivity index (χ1) is 33.6. The van der Waals surface area contributed by atoms with E-state index in [1.54, 1.807) is 0 Å². The Kier molecular flexibility index (Phi) is 52.6. The molecule has 0 aromatic heterocycles. The molecule has 0 radical (unpaired) electrons. The van der Waals surface area contributed by atoms with E-state index in [1.165, 1.54) is 25.7 Å². The minimum Gasteiger partial charge on any atom is -0.462 e. The van der Waals surface area contributed by atoms with Gasteiger partial charge in [-0.15, -0.1) is 0 Å². The standard InChI is InChI=1S/C63H96O5/c1-3-5-7-9-11-13-15-17-19-21-23-25-27-29-30-31-32-34-36-38-40-42-44-46-48-50-52-54-56-58-63(66)68-61(59-64)60-67-62(65)57-55-53-51-49-47-45-43-41-39-37-35-33-28-26-24-22-20-18-16-14-12-10-8-6-4-2/h5-8,11-14,17-20,23-26,29-30,32-35,38-41,45,47,61,64H,3-4,9-10,15-16,21-22,27-28,31,36-37,42-44,46,48-60H2,1-2H3/b7-5-,8-6-,13-11-,14-12-,19-17-,20-18-,25-23-,26-24-,30-29-,34-32-,35-33-,40-38-,41-39-,47-45-. The number of unbranched alkanes of at least 4 members (excludes halogenated alkanes) is 10. The molecule has 0 heterocycles. The maximum absolute atomic E-state index is 12.3. The molecular weight excluding hydrogens is 837 g/mol. The largest absolute Gasteiger partial charge is 0.462 e. The summed E-state index contributed by atoms with van der Waals surface area (Å²) in [5.74, 6) is -0.658. The molecule has 0 aliphatic carbocycles. The number of hydrogen-bond acceptors (Lipinski definition) is 5. The van der Waals surface area contributed by atoms with Crippen LogP contribution in [0.2, 0.25) is 0 Å². The van der Waals surface area contributed by atoms with E-state index < -0.39 is 6.10 Å². The van der Waals surface area contributed by atoms with Crippen LogP contribution in [0.15, 0.2) is 170 Å². The van der Waals surface area contributed by atoms with E-state index in [-0.39, 0.29) is 25.2 Å². The fraction of sp³-hybridized carbons (Fsp3) is 0.524. The number of carbonyl (C=O) groups is 2. The predicted octanol–water partition coefficient (Wildman–Crippen LogP) is 18.2. The van der Waals surface area contributed by atoms with Gasteiger partial charge in [0.15, 0.2) is 6.10 Å². The molecule has 5 nitrogen and oxygen atoms in total. The number of rotatable bonds is 46. The van der Waals surface area contributed by atoms with Crippen molar-refractivity contribution in [3.63, 3.8) is 0 Å². The molecule has 0 rings (SSSR count). The molecule has 0 aliphatic rings. The Balaban J connectivity index is 3.69. The van der Waals surface area contributed by atoms with Crippen LogP contribution in [0.3, 0.4) is 0 Å². The zero-order chi connectivity index (χ0) is 49.2. The summed E-state index contributed by atoms with van der Waals surface area (Å²) in [6.07, 6.45) is 88.7. The molecule has 0 saturated carbocycles. The molecule has 0 amide bonds. The Morgan fingerprint density at radius 1 is 0.338 bits per heavy atom. The topological polar surface area (TPSA) is 72.8 Å². The molecule has 5 heteroatoms. The van der Waals surface area contributed by atoms with Crippen LogP contribution in [0.4, 0.5) is 0 Å². The highest BCUT2D eigenvalue weighted by Crippen LogP contribution is 2.12. The molecule has 0 aliphatic heterocycles. The van der Waals surface area contributed by atoms with Crippen LogP contribution < -0.4 is 0 Å². The van der Waals surface area contributed by atoms with Gasteiger partial charge in [-0.3, -0.25) is 9.59 Å². The number of aliphatic hydroxyl groups excluding tert-OH is 1. The molecule has 0 saturated heterocycles. The predicted molar refractivity (Wildman–Crippen MR) is 297 cm³/mol. The van der Waals surface area contributed by atoms with E-state index >= 15 is 0 Å². The van der Waals surface area contributed by atoms with Crippen molar-refractivity contribution in [3.8, 4) is 0 Å². The maximum atomic E-state index is 12.3. The number of allylic oxidation sites excluding steroid dienone is 28. The van der Waals surface area contributed by atoms with Crippen LogP contribution in [-0.4, -0.2) is 36.4 Å². The van der Waals surface area contributed by atoms with Crippen molar-refractivity contribution in [1.29, 1.82) is 0 Å². The lowest BCUT2D eigenvalue weighted by molar-refractivity contribution is -0.161. The van der Waals surface area contributed by atoms with Gasteiger partial charge in [-0.1, -0.05) is 223 Å². The normalized spacial score (nSPS) is 13.6. The Labute approximate surface area is 417 Å². The van der Waals surface area contributed by atoms with Crippen LogP contribution >= 0.6 is 0 Å². The smallest absolute Gasteiger partial charge is 0.306 e. The van der Waals surface area contributed by atoms with Crippen molar-refractivity contribution in [2.45, 2.75) is 200 Å². The highest BCUT2D eigenvalue weighted by Gasteiger charge is 2.16. The van der Waals surface area contributed by atoms with Gasteiger partial charge in [0, 0.05) is 12.8 Å². The number of hydrogen-bond donors (Lipinski definition) is 1. The first-order valence-electron chi connectivity index (χ1n) is 26.7. The van der Waals surface area contributed by atoms with Crippen molar-refractivity contribution in [3.05, 3.63) is 170 Å². The number of carbonyl (C=O) groups excluding carboxylic acids is 2. The molecule has 68 heavy (non-hydrogen) atoms. The second kappa shape index (κ2) is 56.6. The van der Waals surface area contributed by atoms with Gasteiger partial charge in [0.2, 0.25) is 0 Å². The lowest BCUT2D eigenvalue weighted by Gasteiger charge is -2.15. The fourth-order valence-corrected chi connectivity index (χ4v) is 6.57. The van der Waals surface area contributed by atoms with Gasteiger partial charge in [-0.05, 0) is 128 Å². The average Bonchev–Trinajstić information content (AvgIpc) is 3.34. The Morgan fingerprint density at radius 3 is 0.897 bits per heavy atom. The quantitative estimate of drug-likeness (QED) is 0.0374. The van der Waals surface area contributed by atoms with Gasteiger partial charge < -0.3 is 14.6 Å². The van der Waals surface area contributed by atoms with Crippen molar-refractivity contribution in [2.75, 3.05) is 13.2 Å². The first kappa shape index (κ1) is 63.3. The third kappa shape index (κ3) is 53.9. The summed E-state index contributed by atoms with van der Waals surface area (Å²) in [6.45, 7) is 3.86. The highest BCUT2D eigenvalue weighted by molar-refractivity contribution is 5.70. The third-order valence-electron chi connectivity index (χ3n) is 10.5. The zero-order valence-corrected chi connectivity index (χ0v) is 43.0. The summed E-state index contributed by atoms with van der Waals surface area (Å²) in [5, 5.41) is 9.64. The molecule has 0 aromatic carbocycles. The van der Waals surface area contributed by atoms with Crippen LogP contribution in [0, 0.1) is 0 Å². The molecule has 378 valence electrons. The Hall–Kier alpha value is -4.74. The van der Waals surface area contributed by atoms with E-state index in [0.29, 0.717) is 12.8 Å². The monoisotopic (exact) mass is 933 g/mol. The number of aliphatic hydroxyl groups is 1. The van der Waals surface area contributed by atoms with Crippen molar-refractivity contribution in [2.24, 2.45) is 0 Å². The van der Waals surface area contributed by atoms with Crippen LogP contribution in [0.25, 0.3) is 0 Å². The summed E-state index contributed by atoms with van der Waals surface area (Å²) >= 11 is 0. The second-order valence-electron chi connectivity index (χ2n) is 16.8. The lowest BCUT2D eigenvalue weighted by atomic mass is 10.1. The molecule has 0 spiro atoms. The molecule has 0 fully saturated rings. The minimum absolute atomic E-state index is 0.101. The van der Waals surface area contributed by atoms with Crippen LogP contribution in [0.5, 0.6) is 0 Å². The maximum Gasteiger partial charge on any atom is 0.306 e. The van der Waals surface area contributed by atoms with Crippen molar-refractivity contribution >= 4 is 11.9 Å². The van der Waals surface area contributed by atoms with E-state index in [9.17, 15) is 14.7 Å². The van der Waals surface area contributed by atoms with Crippen LogP contribution in [-0.2, 0) is 19.1 Å². The Morgan fingerprint density at radius 2 is 0.588 bits per heavy atom.